The predicted molar refractivity (Wildman–Crippen MR) is 116 cm³/mol. The van der Waals surface area contributed by atoms with Crippen LogP contribution in [0.3, 0.4) is 0 Å². The van der Waals surface area contributed by atoms with Crippen molar-refractivity contribution in [3.63, 3.8) is 0 Å². The van der Waals surface area contributed by atoms with Crippen LogP contribution in [0.1, 0.15) is 45.1 Å². The first-order chi connectivity index (χ1) is 13.7. The molecular formula is C22H35N5O. The molecule has 154 valence electrons. The Morgan fingerprint density at radius 1 is 1.11 bits per heavy atom. The highest BCUT2D eigenvalue weighted by Gasteiger charge is 2.21. The summed E-state index contributed by atoms with van der Waals surface area (Å²) in [5, 5.41) is 6.82. The third kappa shape index (κ3) is 5.96. The topological polar surface area (TPSA) is 60.0 Å². The van der Waals surface area contributed by atoms with E-state index in [1.54, 1.807) is 0 Å². The van der Waals surface area contributed by atoms with Crippen molar-refractivity contribution in [2.45, 2.75) is 46.1 Å². The SMILES string of the molecule is CCNC(=NCc1ccc(N2CCCC2=O)cc1)NCC(C)CN1CCCC1. The zero-order valence-corrected chi connectivity index (χ0v) is 17.4. The number of nitrogens with zero attached hydrogens (tertiary/aromatic N) is 3. The number of guanidine groups is 1. The van der Waals surface area contributed by atoms with Crippen LogP contribution in [0.5, 0.6) is 0 Å². The molecule has 0 spiro atoms. The molecule has 3 rings (SSSR count). The number of benzene rings is 1. The molecule has 1 aromatic carbocycles. The van der Waals surface area contributed by atoms with Gasteiger partial charge in [-0.3, -0.25) is 4.79 Å². The van der Waals surface area contributed by atoms with Gasteiger partial charge in [0.25, 0.3) is 0 Å². The van der Waals surface area contributed by atoms with E-state index in [-0.39, 0.29) is 5.91 Å². The average molecular weight is 386 g/mol. The summed E-state index contributed by atoms with van der Waals surface area (Å²) in [5.74, 6) is 1.70. The highest BCUT2D eigenvalue weighted by atomic mass is 16.2. The van der Waals surface area contributed by atoms with Gasteiger partial charge in [-0.1, -0.05) is 19.1 Å². The van der Waals surface area contributed by atoms with Gasteiger partial charge in [0.15, 0.2) is 5.96 Å². The Bertz CT molecular complexity index is 651. The van der Waals surface area contributed by atoms with Crippen LogP contribution < -0.4 is 15.5 Å². The summed E-state index contributed by atoms with van der Waals surface area (Å²) in [5.41, 5.74) is 2.15. The first kappa shape index (κ1) is 20.6. The van der Waals surface area contributed by atoms with Gasteiger partial charge in [0, 0.05) is 38.3 Å². The highest BCUT2D eigenvalue weighted by molar-refractivity contribution is 5.95. The molecule has 6 heteroatoms. The van der Waals surface area contributed by atoms with Gasteiger partial charge in [-0.05, 0) is 62.9 Å². The van der Waals surface area contributed by atoms with Crippen LogP contribution in [0.2, 0.25) is 0 Å². The molecule has 1 amide bonds. The molecule has 0 aromatic heterocycles. The van der Waals surface area contributed by atoms with Crippen molar-refractivity contribution < 1.29 is 4.79 Å². The fourth-order valence-corrected chi connectivity index (χ4v) is 3.96. The molecule has 2 heterocycles. The minimum atomic E-state index is 0.229. The maximum absolute atomic E-state index is 11.9. The second-order valence-electron chi connectivity index (χ2n) is 8.00. The number of anilines is 1. The molecule has 2 fully saturated rings. The van der Waals surface area contributed by atoms with Gasteiger partial charge >= 0.3 is 0 Å². The summed E-state index contributed by atoms with van der Waals surface area (Å²) in [6.45, 7) is 11.3. The van der Waals surface area contributed by atoms with E-state index in [1.165, 1.54) is 25.9 Å². The van der Waals surface area contributed by atoms with Gasteiger partial charge in [0.2, 0.25) is 5.91 Å². The molecule has 2 aliphatic heterocycles. The van der Waals surface area contributed by atoms with Crippen molar-refractivity contribution in [3.05, 3.63) is 29.8 Å². The Labute approximate surface area is 169 Å². The van der Waals surface area contributed by atoms with E-state index in [0.717, 1.165) is 49.8 Å². The van der Waals surface area contributed by atoms with Gasteiger partial charge in [0.05, 0.1) is 6.54 Å². The maximum Gasteiger partial charge on any atom is 0.227 e. The first-order valence-corrected chi connectivity index (χ1v) is 10.8. The average Bonchev–Trinajstić information content (AvgIpc) is 3.36. The summed E-state index contributed by atoms with van der Waals surface area (Å²) in [7, 11) is 0. The second kappa shape index (κ2) is 10.5. The lowest BCUT2D eigenvalue weighted by Crippen LogP contribution is -2.41. The summed E-state index contributed by atoms with van der Waals surface area (Å²) >= 11 is 0. The van der Waals surface area contributed by atoms with Crippen LogP contribution >= 0.6 is 0 Å². The number of hydrogen-bond acceptors (Lipinski definition) is 3. The summed E-state index contributed by atoms with van der Waals surface area (Å²) < 4.78 is 0. The number of rotatable bonds is 8. The number of aliphatic imine (C=N–C) groups is 1. The van der Waals surface area contributed by atoms with E-state index in [4.69, 9.17) is 4.99 Å². The maximum atomic E-state index is 11.9. The number of likely N-dealkylation sites (tertiary alicyclic amines) is 1. The van der Waals surface area contributed by atoms with Crippen molar-refractivity contribution in [3.8, 4) is 0 Å². The standard InChI is InChI=1S/C22H35N5O/c1-3-23-22(24-15-18(2)17-26-12-4-5-13-26)25-16-19-8-10-20(11-9-19)27-14-6-7-21(27)28/h8-11,18H,3-7,12-17H2,1-2H3,(H2,23,24,25). The number of carbonyl (C=O) groups excluding carboxylic acids is 1. The molecule has 6 nitrogen and oxygen atoms in total. The molecule has 0 radical (unpaired) electrons. The van der Waals surface area contributed by atoms with Crippen molar-refractivity contribution >= 4 is 17.6 Å². The minimum Gasteiger partial charge on any atom is -0.357 e. The van der Waals surface area contributed by atoms with E-state index in [2.05, 4.69) is 41.5 Å². The number of nitrogens with one attached hydrogen (secondary N) is 2. The lowest BCUT2D eigenvalue weighted by atomic mass is 10.1. The third-order valence-electron chi connectivity index (χ3n) is 5.47. The summed E-state index contributed by atoms with van der Waals surface area (Å²) in [6.07, 6.45) is 4.31. The molecule has 2 aliphatic rings. The Hall–Kier alpha value is -2.08. The monoisotopic (exact) mass is 385 g/mol. The number of carbonyl (C=O) groups is 1. The quantitative estimate of drug-likeness (QED) is 0.533. The normalized spacial score (nSPS) is 19.3. The van der Waals surface area contributed by atoms with Crippen LogP contribution in [0.25, 0.3) is 0 Å². The van der Waals surface area contributed by atoms with Crippen LogP contribution in [0.4, 0.5) is 5.69 Å². The Morgan fingerprint density at radius 2 is 1.86 bits per heavy atom. The number of hydrogen-bond donors (Lipinski definition) is 2. The van der Waals surface area contributed by atoms with Crippen molar-refractivity contribution in [2.75, 3.05) is 44.2 Å². The predicted octanol–water partition coefficient (Wildman–Crippen LogP) is 2.60. The molecule has 1 aromatic rings. The van der Waals surface area contributed by atoms with Crippen LogP contribution in [0, 0.1) is 5.92 Å². The lowest BCUT2D eigenvalue weighted by molar-refractivity contribution is -0.117. The largest absolute Gasteiger partial charge is 0.357 e. The van der Waals surface area contributed by atoms with Gasteiger partial charge < -0.3 is 20.4 Å². The molecular weight excluding hydrogens is 350 g/mol. The van der Waals surface area contributed by atoms with Crippen LogP contribution in [-0.2, 0) is 11.3 Å². The highest BCUT2D eigenvalue weighted by Crippen LogP contribution is 2.21. The van der Waals surface area contributed by atoms with Gasteiger partial charge in [-0.15, -0.1) is 0 Å². The van der Waals surface area contributed by atoms with E-state index in [1.807, 2.05) is 17.0 Å². The van der Waals surface area contributed by atoms with Crippen molar-refractivity contribution in [1.29, 1.82) is 0 Å². The van der Waals surface area contributed by atoms with Crippen molar-refractivity contribution in [1.82, 2.24) is 15.5 Å². The molecule has 0 aliphatic carbocycles. The molecule has 1 unspecified atom stereocenters. The molecule has 28 heavy (non-hydrogen) atoms. The Balaban J connectivity index is 1.49. The van der Waals surface area contributed by atoms with Crippen LogP contribution in [-0.4, -0.2) is 56.0 Å². The van der Waals surface area contributed by atoms with Crippen LogP contribution in [0.15, 0.2) is 29.3 Å². The zero-order chi connectivity index (χ0) is 19.8. The number of amides is 1. The molecule has 1 atom stereocenters. The first-order valence-electron chi connectivity index (χ1n) is 10.8. The Morgan fingerprint density at radius 3 is 2.50 bits per heavy atom. The van der Waals surface area contributed by atoms with E-state index in [9.17, 15) is 4.79 Å². The van der Waals surface area contributed by atoms with E-state index in [0.29, 0.717) is 18.9 Å². The lowest BCUT2D eigenvalue weighted by Gasteiger charge is -2.21. The van der Waals surface area contributed by atoms with Crippen molar-refractivity contribution in [2.24, 2.45) is 10.9 Å². The van der Waals surface area contributed by atoms with Gasteiger partial charge in [-0.25, -0.2) is 4.99 Å². The summed E-state index contributed by atoms with van der Waals surface area (Å²) in [4.78, 5) is 21.0. The third-order valence-corrected chi connectivity index (χ3v) is 5.47. The second-order valence-corrected chi connectivity index (χ2v) is 8.00. The van der Waals surface area contributed by atoms with E-state index < -0.39 is 0 Å². The Kier molecular flexibility index (Phi) is 7.71. The summed E-state index contributed by atoms with van der Waals surface area (Å²) in [6, 6.07) is 8.22. The van der Waals surface area contributed by atoms with E-state index >= 15 is 0 Å². The fourth-order valence-electron chi connectivity index (χ4n) is 3.96. The molecule has 2 N–H and O–H groups in total. The molecule has 0 saturated carbocycles. The molecule has 0 bridgehead atoms. The smallest absolute Gasteiger partial charge is 0.227 e. The molecule has 2 saturated heterocycles. The van der Waals surface area contributed by atoms with Gasteiger partial charge in [0.1, 0.15) is 0 Å². The minimum absolute atomic E-state index is 0.229. The fraction of sp³-hybridized carbons (Fsp3) is 0.636. The zero-order valence-electron chi connectivity index (χ0n) is 17.4. The van der Waals surface area contributed by atoms with Gasteiger partial charge in [-0.2, -0.15) is 0 Å².